The molecule has 1 amide bonds. The number of nitrogens with zero attached hydrogens (tertiary/aromatic N) is 2. The molecule has 1 saturated heterocycles. The molecule has 0 radical (unpaired) electrons. The minimum absolute atomic E-state index is 0.0192. The highest BCUT2D eigenvalue weighted by Gasteiger charge is 2.31. The van der Waals surface area contributed by atoms with Crippen LogP contribution in [0, 0.1) is 10.1 Å². The van der Waals surface area contributed by atoms with E-state index in [0.717, 1.165) is 11.1 Å². The molecule has 0 aliphatic carbocycles. The van der Waals surface area contributed by atoms with E-state index in [4.69, 9.17) is 17.0 Å². The molecule has 4 rings (SSSR count). The van der Waals surface area contributed by atoms with Crippen molar-refractivity contribution >= 4 is 46.0 Å². The van der Waals surface area contributed by atoms with Gasteiger partial charge in [0, 0.05) is 6.07 Å². The number of nitro groups is 1. The number of hydrogen-bond acceptors (Lipinski definition) is 6. The molecule has 1 aliphatic heterocycles. The van der Waals surface area contributed by atoms with Crippen molar-refractivity contribution in [3.05, 3.63) is 111 Å². The third-order valence-corrected chi connectivity index (χ3v) is 6.17. The molecule has 0 unspecified atom stereocenters. The highest BCUT2D eigenvalue weighted by atomic mass is 32.2. The molecular formula is C24H18N2O4S2. The lowest BCUT2D eigenvalue weighted by Crippen LogP contribution is -2.27. The molecule has 160 valence electrons. The van der Waals surface area contributed by atoms with Crippen LogP contribution in [-0.2, 0) is 17.9 Å². The van der Waals surface area contributed by atoms with Crippen LogP contribution in [0.4, 0.5) is 5.69 Å². The predicted molar refractivity (Wildman–Crippen MR) is 129 cm³/mol. The van der Waals surface area contributed by atoms with Crippen molar-refractivity contribution in [3.63, 3.8) is 0 Å². The second-order valence-corrected chi connectivity index (χ2v) is 8.68. The van der Waals surface area contributed by atoms with Crippen LogP contribution in [0.5, 0.6) is 5.75 Å². The van der Waals surface area contributed by atoms with Crippen LogP contribution in [0.2, 0.25) is 0 Å². The Balaban J connectivity index is 1.47. The van der Waals surface area contributed by atoms with Crippen LogP contribution in [0.3, 0.4) is 0 Å². The summed E-state index contributed by atoms with van der Waals surface area (Å²) < 4.78 is 6.30. The van der Waals surface area contributed by atoms with Crippen LogP contribution < -0.4 is 4.74 Å². The largest absolute Gasteiger partial charge is 0.489 e. The average molecular weight is 463 g/mol. The molecule has 0 N–H and O–H groups in total. The summed E-state index contributed by atoms with van der Waals surface area (Å²) in [6.45, 7) is 0.502. The first-order chi connectivity index (χ1) is 15.5. The molecule has 0 spiro atoms. The minimum Gasteiger partial charge on any atom is -0.489 e. The van der Waals surface area contributed by atoms with E-state index in [1.807, 2.05) is 42.5 Å². The molecule has 1 aliphatic rings. The molecular weight excluding hydrogens is 444 g/mol. The molecule has 3 aromatic rings. The predicted octanol–water partition coefficient (Wildman–Crippen LogP) is 5.58. The number of nitro benzene ring substituents is 1. The number of carbonyl (C=O) groups is 1. The maximum Gasteiger partial charge on any atom is 0.276 e. The van der Waals surface area contributed by atoms with Crippen LogP contribution >= 0.6 is 24.0 Å². The summed E-state index contributed by atoms with van der Waals surface area (Å²) in [5.74, 6) is 0.423. The lowest BCUT2D eigenvalue weighted by atomic mass is 10.2. The molecule has 1 heterocycles. The van der Waals surface area contributed by atoms with Crippen LogP contribution in [-0.4, -0.2) is 20.1 Å². The highest BCUT2D eigenvalue weighted by molar-refractivity contribution is 8.26. The molecule has 6 nitrogen and oxygen atoms in total. The van der Waals surface area contributed by atoms with E-state index in [1.54, 1.807) is 41.3 Å². The van der Waals surface area contributed by atoms with E-state index < -0.39 is 4.92 Å². The zero-order valence-corrected chi connectivity index (χ0v) is 18.5. The second kappa shape index (κ2) is 9.76. The van der Waals surface area contributed by atoms with E-state index in [2.05, 4.69) is 0 Å². The second-order valence-electron chi connectivity index (χ2n) is 7.00. The summed E-state index contributed by atoms with van der Waals surface area (Å²) in [5, 5.41) is 11.2. The number of ether oxygens (including phenoxy) is 1. The first kappa shape index (κ1) is 21.7. The molecule has 0 atom stereocenters. The van der Waals surface area contributed by atoms with E-state index in [9.17, 15) is 14.9 Å². The smallest absolute Gasteiger partial charge is 0.276 e. The SMILES string of the molecule is O=C1C(=Cc2cccc(OCc3ccccc3[N+](=O)[O-])c2)SC(=S)N1Cc1ccccc1. The Morgan fingerprint density at radius 3 is 2.56 bits per heavy atom. The Morgan fingerprint density at radius 2 is 1.78 bits per heavy atom. The molecule has 32 heavy (non-hydrogen) atoms. The zero-order valence-electron chi connectivity index (χ0n) is 16.8. The van der Waals surface area contributed by atoms with Crippen molar-refractivity contribution in [2.45, 2.75) is 13.2 Å². The van der Waals surface area contributed by atoms with Gasteiger partial charge in [0.05, 0.1) is 21.9 Å². The van der Waals surface area contributed by atoms with Crippen molar-refractivity contribution in [2.75, 3.05) is 0 Å². The Kier molecular flexibility index (Phi) is 6.63. The van der Waals surface area contributed by atoms with Crippen LogP contribution in [0.15, 0.2) is 83.8 Å². The molecule has 0 bridgehead atoms. The lowest BCUT2D eigenvalue weighted by Gasteiger charge is -2.14. The Morgan fingerprint density at radius 1 is 1.03 bits per heavy atom. The standard InChI is InChI=1S/C24H18N2O4S2/c27-23-22(32-24(31)25(23)15-17-7-2-1-3-8-17)14-18-9-6-11-20(13-18)30-16-19-10-4-5-12-21(19)26(28)29/h1-14H,15-16H2. The normalized spacial score (nSPS) is 14.8. The van der Waals surface area contributed by atoms with Gasteiger partial charge in [-0.05, 0) is 35.4 Å². The first-order valence-electron chi connectivity index (χ1n) is 9.76. The Labute approximate surface area is 194 Å². The van der Waals surface area contributed by atoms with E-state index in [1.165, 1.54) is 17.8 Å². The number of hydrogen-bond donors (Lipinski definition) is 0. The summed E-state index contributed by atoms with van der Waals surface area (Å²) in [7, 11) is 0. The molecule has 3 aromatic carbocycles. The number of para-hydroxylation sites is 1. The molecule has 1 fully saturated rings. The molecule has 8 heteroatoms. The number of rotatable bonds is 7. The Bertz CT molecular complexity index is 1210. The Hall–Kier alpha value is -3.49. The van der Waals surface area contributed by atoms with Crippen molar-refractivity contribution in [2.24, 2.45) is 0 Å². The fraction of sp³-hybridized carbons (Fsp3) is 0.0833. The van der Waals surface area contributed by atoms with E-state index in [0.29, 0.717) is 27.1 Å². The van der Waals surface area contributed by atoms with Gasteiger partial charge in [-0.3, -0.25) is 19.8 Å². The van der Waals surface area contributed by atoms with Gasteiger partial charge in [0.1, 0.15) is 16.7 Å². The van der Waals surface area contributed by atoms with Gasteiger partial charge in [0.15, 0.2) is 0 Å². The summed E-state index contributed by atoms with van der Waals surface area (Å²) >= 11 is 6.68. The summed E-state index contributed by atoms with van der Waals surface area (Å²) in [5.41, 5.74) is 2.30. The zero-order chi connectivity index (χ0) is 22.5. The third-order valence-electron chi connectivity index (χ3n) is 4.80. The highest BCUT2D eigenvalue weighted by Crippen LogP contribution is 2.34. The van der Waals surface area contributed by atoms with Gasteiger partial charge in [0.2, 0.25) is 0 Å². The maximum atomic E-state index is 12.9. The number of thiocarbonyl (C=S) groups is 1. The topological polar surface area (TPSA) is 72.7 Å². The summed E-state index contributed by atoms with van der Waals surface area (Å²) in [6.07, 6.45) is 1.78. The van der Waals surface area contributed by atoms with Crippen LogP contribution in [0.1, 0.15) is 16.7 Å². The van der Waals surface area contributed by atoms with Gasteiger partial charge in [0.25, 0.3) is 11.6 Å². The summed E-state index contributed by atoms with van der Waals surface area (Å²) in [4.78, 5) is 25.8. The van der Waals surface area contributed by atoms with Crippen molar-refractivity contribution in [1.82, 2.24) is 4.90 Å². The fourth-order valence-electron chi connectivity index (χ4n) is 3.22. The minimum atomic E-state index is -0.424. The number of amides is 1. The molecule has 0 saturated carbocycles. The summed E-state index contributed by atoms with van der Waals surface area (Å²) in [6, 6.07) is 23.4. The number of benzene rings is 3. The fourth-order valence-corrected chi connectivity index (χ4v) is 4.47. The monoisotopic (exact) mass is 462 g/mol. The van der Waals surface area contributed by atoms with Crippen molar-refractivity contribution in [3.8, 4) is 5.75 Å². The van der Waals surface area contributed by atoms with Gasteiger partial charge >= 0.3 is 0 Å². The number of thioether (sulfide) groups is 1. The van der Waals surface area contributed by atoms with Crippen molar-refractivity contribution in [1.29, 1.82) is 0 Å². The number of carbonyl (C=O) groups excluding carboxylic acids is 1. The third kappa shape index (κ3) is 5.04. The van der Waals surface area contributed by atoms with Gasteiger partial charge in [-0.1, -0.05) is 78.6 Å². The quantitative estimate of drug-likeness (QED) is 0.198. The molecule has 0 aromatic heterocycles. The van der Waals surface area contributed by atoms with Gasteiger partial charge in [-0.2, -0.15) is 0 Å². The average Bonchev–Trinajstić information content (AvgIpc) is 3.06. The first-order valence-corrected chi connectivity index (χ1v) is 11.0. The maximum absolute atomic E-state index is 12.9. The van der Waals surface area contributed by atoms with E-state index >= 15 is 0 Å². The van der Waals surface area contributed by atoms with Gasteiger partial charge in [-0.25, -0.2) is 0 Å². The van der Waals surface area contributed by atoms with Gasteiger partial charge in [-0.15, -0.1) is 0 Å². The van der Waals surface area contributed by atoms with Gasteiger partial charge < -0.3 is 4.74 Å². The lowest BCUT2D eigenvalue weighted by molar-refractivity contribution is -0.385. The van der Waals surface area contributed by atoms with Crippen molar-refractivity contribution < 1.29 is 14.5 Å². The van der Waals surface area contributed by atoms with E-state index in [-0.39, 0.29) is 18.2 Å². The van der Waals surface area contributed by atoms with Crippen LogP contribution in [0.25, 0.3) is 6.08 Å².